The van der Waals surface area contributed by atoms with Crippen LogP contribution in [-0.2, 0) is 0 Å². The summed E-state index contributed by atoms with van der Waals surface area (Å²) in [6, 6.07) is 6.82. The largest absolute Gasteiger partial charge is 0.478 e. The second kappa shape index (κ2) is 4.74. The van der Waals surface area contributed by atoms with Crippen LogP contribution in [0.5, 0.6) is 0 Å². The minimum atomic E-state index is -1.18. The molecule has 0 saturated heterocycles. The van der Waals surface area contributed by atoms with Crippen LogP contribution in [0.25, 0.3) is 11.1 Å². The molecule has 0 bridgehead atoms. The summed E-state index contributed by atoms with van der Waals surface area (Å²) in [5, 5.41) is 9.02. The minimum absolute atomic E-state index is 0.0278. The Labute approximate surface area is 106 Å². The predicted molar refractivity (Wildman–Crippen MR) is 63.8 cm³/mol. The number of aromatic carboxylic acids is 1. The molecule has 0 amide bonds. The molecular formula is C13H7ClF2O2. The summed E-state index contributed by atoms with van der Waals surface area (Å²) in [6.07, 6.45) is 0. The molecule has 0 aliphatic rings. The van der Waals surface area contributed by atoms with Crippen molar-refractivity contribution >= 4 is 17.6 Å². The van der Waals surface area contributed by atoms with Crippen molar-refractivity contribution in [2.24, 2.45) is 0 Å². The van der Waals surface area contributed by atoms with Crippen LogP contribution in [0, 0.1) is 11.6 Å². The molecule has 0 aliphatic carbocycles. The lowest BCUT2D eigenvalue weighted by Gasteiger charge is -2.06. The molecule has 0 aliphatic heterocycles. The summed E-state index contributed by atoms with van der Waals surface area (Å²) in [6.45, 7) is 0. The molecule has 0 heterocycles. The van der Waals surface area contributed by atoms with Crippen molar-refractivity contribution < 1.29 is 18.7 Å². The van der Waals surface area contributed by atoms with E-state index in [0.29, 0.717) is 0 Å². The third-order valence-corrected chi connectivity index (χ3v) is 2.60. The van der Waals surface area contributed by atoms with Crippen molar-refractivity contribution in [3.63, 3.8) is 0 Å². The van der Waals surface area contributed by atoms with E-state index in [9.17, 15) is 13.6 Å². The summed E-state index contributed by atoms with van der Waals surface area (Å²) >= 11 is 5.76. The number of rotatable bonds is 2. The quantitative estimate of drug-likeness (QED) is 0.894. The maximum absolute atomic E-state index is 13.6. The highest BCUT2D eigenvalue weighted by Crippen LogP contribution is 2.27. The Morgan fingerprint density at radius 1 is 1.11 bits per heavy atom. The van der Waals surface area contributed by atoms with Gasteiger partial charge in [0.2, 0.25) is 0 Å². The highest BCUT2D eigenvalue weighted by atomic mass is 35.5. The van der Waals surface area contributed by atoms with E-state index in [1.54, 1.807) is 0 Å². The second-order valence-corrected chi connectivity index (χ2v) is 4.09. The van der Waals surface area contributed by atoms with Crippen LogP contribution >= 0.6 is 11.6 Å². The molecule has 0 saturated carbocycles. The number of carboxylic acids is 1. The first-order valence-corrected chi connectivity index (χ1v) is 5.34. The van der Waals surface area contributed by atoms with E-state index in [2.05, 4.69) is 0 Å². The van der Waals surface area contributed by atoms with E-state index in [1.165, 1.54) is 18.2 Å². The van der Waals surface area contributed by atoms with Crippen LogP contribution in [0.15, 0.2) is 36.4 Å². The molecule has 92 valence electrons. The number of hydrogen-bond acceptors (Lipinski definition) is 1. The number of carbonyl (C=O) groups is 1. The Hall–Kier alpha value is -1.94. The number of hydrogen-bond donors (Lipinski definition) is 1. The van der Waals surface area contributed by atoms with Gasteiger partial charge < -0.3 is 5.11 Å². The van der Waals surface area contributed by atoms with Gasteiger partial charge in [0.25, 0.3) is 0 Å². The topological polar surface area (TPSA) is 37.3 Å². The maximum Gasteiger partial charge on any atom is 0.335 e. The first-order valence-electron chi connectivity index (χ1n) is 4.96. The third-order valence-electron chi connectivity index (χ3n) is 2.38. The molecule has 2 rings (SSSR count). The Balaban J connectivity index is 2.63. The SMILES string of the molecule is O=C(O)c1cc(Cl)cc(-c2cc(F)ccc2F)c1. The van der Waals surface area contributed by atoms with E-state index in [-0.39, 0.29) is 21.7 Å². The zero-order chi connectivity index (χ0) is 13.3. The molecule has 1 N–H and O–H groups in total. The van der Waals surface area contributed by atoms with Gasteiger partial charge in [-0.05, 0) is 42.0 Å². The third kappa shape index (κ3) is 2.49. The summed E-state index contributed by atoms with van der Waals surface area (Å²) in [4.78, 5) is 10.9. The van der Waals surface area contributed by atoms with Gasteiger partial charge in [-0.3, -0.25) is 0 Å². The summed E-state index contributed by atoms with van der Waals surface area (Å²) in [7, 11) is 0. The van der Waals surface area contributed by atoms with E-state index in [4.69, 9.17) is 16.7 Å². The average molecular weight is 269 g/mol. The molecule has 0 radical (unpaired) electrons. The highest BCUT2D eigenvalue weighted by molar-refractivity contribution is 6.31. The van der Waals surface area contributed by atoms with Crippen LogP contribution in [-0.4, -0.2) is 11.1 Å². The molecule has 0 unspecified atom stereocenters. The van der Waals surface area contributed by atoms with Gasteiger partial charge in [-0.25, -0.2) is 13.6 Å². The lowest BCUT2D eigenvalue weighted by atomic mass is 10.0. The number of carboxylic acid groups (broad SMARTS) is 1. The molecule has 0 aromatic heterocycles. The van der Waals surface area contributed by atoms with Gasteiger partial charge in [-0.1, -0.05) is 11.6 Å². The van der Waals surface area contributed by atoms with Crippen molar-refractivity contribution in [1.82, 2.24) is 0 Å². The molecule has 2 aromatic carbocycles. The normalized spacial score (nSPS) is 10.4. The second-order valence-electron chi connectivity index (χ2n) is 3.66. The zero-order valence-corrected chi connectivity index (χ0v) is 9.71. The van der Waals surface area contributed by atoms with Crippen LogP contribution in [0.3, 0.4) is 0 Å². The van der Waals surface area contributed by atoms with Crippen LogP contribution < -0.4 is 0 Å². The molecule has 5 heteroatoms. The highest BCUT2D eigenvalue weighted by Gasteiger charge is 2.11. The van der Waals surface area contributed by atoms with Crippen molar-refractivity contribution in [2.45, 2.75) is 0 Å². The summed E-state index contributed by atoms with van der Waals surface area (Å²) in [5.41, 5.74) is 0.109. The summed E-state index contributed by atoms with van der Waals surface area (Å²) < 4.78 is 26.6. The Bertz CT molecular complexity index is 626. The van der Waals surface area contributed by atoms with Gasteiger partial charge in [0.05, 0.1) is 5.56 Å². The van der Waals surface area contributed by atoms with E-state index in [1.807, 2.05) is 0 Å². The Kier molecular flexibility index (Phi) is 3.30. The van der Waals surface area contributed by atoms with Gasteiger partial charge in [0.15, 0.2) is 0 Å². The molecule has 0 fully saturated rings. The van der Waals surface area contributed by atoms with Crippen LogP contribution in [0.1, 0.15) is 10.4 Å². The molecule has 0 spiro atoms. The molecule has 0 atom stereocenters. The Morgan fingerprint density at radius 3 is 2.50 bits per heavy atom. The van der Waals surface area contributed by atoms with Gasteiger partial charge in [0, 0.05) is 10.6 Å². The number of halogens is 3. The van der Waals surface area contributed by atoms with Gasteiger partial charge in [0.1, 0.15) is 11.6 Å². The fraction of sp³-hybridized carbons (Fsp3) is 0. The maximum atomic E-state index is 13.6. The standard InChI is InChI=1S/C13H7ClF2O2/c14-9-4-7(3-8(5-9)13(17)18)11-6-10(15)1-2-12(11)16/h1-6H,(H,17,18). The molecule has 18 heavy (non-hydrogen) atoms. The summed E-state index contributed by atoms with van der Waals surface area (Å²) in [5.74, 6) is -2.44. The number of benzene rings is 2. The fourth-order valence-electron chi connectivity index (χ4n) is 1.59. The van der Waals surface area contributed by atoms with Gasteiger partial charge in [-0.2, -0.15) is 0 Å². The Morgan fingerprint density at radius 2 is 1.83 bits per heavy atom. The predicted octanol–water partition coefficient (Wildman–Crippen LogP) is 3.98. The zero-order valence-electron chi connectivity index (χ0n) is 8.95. The lowest BCUT2D eigenvalue weighted by Crippen LogP contribution is -1.97. The van der Waals surface area contributed by atoms with Gasteiger partial charge in [-0.15, -0.1) is 0 Å². The monoisotopic (exact) mass is 268 g/mol. The van der Waals surface area contributed by atoms with E-state index in [0.717, 1.165) is 18.2 Å². The van der Waals surface area contributed by atoms with Crippen molar-refractivity contribution in [2.75, 3.05) is 0 Å². The van der Waals surface area contributed by atoms with Gasteiger partial charge >= 0.3 is 5.97 Å². The molecule has 2 nitrogen and oxygen atoms in total. The molecular weight excluding hydrogens is 262 g/mol. The van der Waals surface area contributed by atoms with Crippen LogP contribution in [0.2, 0.25) is 5.02 Å². The molecule has 2 aromatic rings. The van der Waals surface area contributed by atoms with Crippen molar-refractivity contribution in [3.8, 4) is 11.1 Å². The van der Waals surface area contributed by atoms with Crippen molar-refractivity contribution in [3.05, 3.63) is 58.6 Å². The first kappa shape index (κ1) is 12.5. The minimum Gasteiger partial charge on any atom is -0.478 e. The van der Waals surface area contributed by atoms with Crippen LogP contribution in [0.4, 0.5) is 8.78 Å². The fourth-order valence-corrected chi connectivity index (χ4v) is 1.82. The smallest absolute Gasteiger partial charge is 0.335 e. The average Bonchev–Trinajstić information content (AvgIpc) is 2.31. The first-order chi connectivity index (χ1) is 8.47. The van der Waals surface area contributed by atoms with E-state index >= 15 is 0 Å². The lowest BCUT2D eigenvalue weighted by molar-refractivity contribution is 0.0697. The van der Waals surface area contributed by atoms with E-state index < -0.39 is 17.6 Å². The van der Waals surface area contributed by atoms with Crippen molar-refractivity contribution in [1.29, 1.82) is 0 Å².